The van der Waals surface area contributed by atoms with E-state index in [4.69, 9.17) is 4.74 Å². The highest BCUT2D eigenvalue weighted by molar-refractivity contribution is 5.90. The first-order chi connectivity index (χ1) is 11.7. The van der Waals surface area contributed by atoms with E-state index in [1.165, 1.54) is 6.08 Å². The van der Waals surface area contributed by atoms with Gasteiger partial charge in [-0.2, -0.15) is 0 Å². The summed E-state index contributed by atoms with van der Waals surface area (Å²) in [5.74, 6) is -0.791. The molecular weight excluding hydrogens is 320 g/mol. The van der Waals surface area contributed by atoms with Gasteiger partial charge in [-0.3, -0.25) is 0 Å². The lowest BCUT2D eigenvalue weighted by Gasteiger charge is -2.56. The molecule has 0 aromatic heterocycles. The Morgan fingerprint density at radius 2 is 2.12 bits per heavy atom. The lowest BCUT2D eigenvalue weighted by atomic mass is 9.48. The summed E-state index contributed by atoms with van der Waals surface area (Å²) < 4.78 is 4.77. The number of carboxylic acids is 1. The largest absolute Gasteiger partial charge is 0.478 e. The second-order valence-corrected chi connectivity index (χ2v) is 8.10. The molecule has 5 nitrogen and oxygen atoms in total. The van der Waals surface area contributed by atoms with Crippen LogP contribution in [-0.2, 0) is 14.3 Å². The number of allylic oxidation sites excluding steroid dienone is 3. The second kappa shape index (κ2) is 6.13. The van der Waals surface area contributed by atoms with Gasteiger partial charge in [0.1, 0.15) is 0 Å². The van der Waals surface area contributed by atoms with Gasteiger partial charge in [0.2, 0.25) is 6.29 Å². The van der Waals surface area contributed by atoms with Gasteiger partial charge in [-0.1, -0.05) is 39.0 Å². The molecule has 0 radical (unpaired) electrons. The van der Waals surface area contributed by atoms with Gasteiger partial charge < -0.3 is 14.9 Å². The molecular formula is C20H26O5. The predicted octanol–water partition coefficient (Wildman–Crippen LogP) is 3.21. The maximum Gasteiger partial charge on any atom is 0.336 e. The van der Waals surface area contributed by atoms with Crippen LogP contribution < -0.4 is 0 Å². The van der Waals surface area contributed by atoms with E-state index in [1.807, 2.05) is 6.08 Å². The molecule has 136 valence electrons. The molecule has 0 aromatic carbocycles. The Labute approximate surface area is 148 Å². The molecule has 0 bridgehead atoms. The number of ether oxygens (including phenoxy) is 1. The van der Waals surface area contributed by atoms with E-state index in [1.54, 1.807) is 6.08 Å². The Hall–Kier alpha value is -1.88. The quantitative estimate of drug-likeness (QED) is 0.764. The van der Waals surface area contributed by atoms with Crippen molar-refractivity contribution in [3.63, 3.8) is 0 Å². The molecule has 0 saturated heterocycles. The third-order valence-corrected chi connectivity index (χ3v) is 6.80. The minimum Gasteiger partial charge on any atom is -0.478 e. The van der Waals surface area contributed by atoms with Crippen molar-refractivity contribution in [3.05, 3.63) is 35.5 Å². The van der Waals surface area contributed by atoms with Crippen molar-refractivity contribution in [2.24, 2.45) is 22.7 Å². The third-order valence-electron chi connectivity index (χ3n) is 6.80. The van der Waals surface area contributed by atoms with Gasteiger partial charge in [0.25, 0.3) is 0 Å². The molecule has 0 amide bonds. The third kappa shape index (κ3) is 2.84. The molecule has 2 N–H and O–H groups in total. The first kappa shape index (κ1) is 17.9. The molecule has 5 unspecified atom stereocenters. The average molecular weight is 346 g/mol. The Morgan fingerprint density at radius 3 is 2.72 bits per heavy atom. The number of aliphatic carboxylic acids is 1. The van der Waals surface area contributed by atoms with E-state index in [-0.39, 0.29) is 11.3 Å². The minimum atomic E-state index is -1.14. The smallest absolute Gasteiger partial charge is 0.336 e. The van der Waals surface area contributed by atoms with Crippen LogP contribution in [-0.4, -0.2) is 28.4 Å². The number of rotatable bonds is 4. The SMILES string of the molecule is CC1CCC2(C)C(C(=O)O)=CC=CC2C1(C)CCC1=CC(O)OC1=O. The summed E-state index contributed by atoms with van der Waals surface area (Å²) in [6.07, 6.45) is 9.13. The van der Waals surface area contributed by atoms with E-state index in [0.29, 0.717) is 23.5 Å². The van der Waals surface area contributed by atoms with E-state index in [0.717, 1.165) is 19.3 Å². The first-order valence-electron chi connectivity index (χ1n) is 8.90. The lowest BCUT2D eigenvalue weighted by Crippen LogP contribution is -2.49. The number of carbonyl (C=O) groups is 2. The molecule has 5 heteroatoms. The standard InChI is InChI=1S/C20H26O5/c1-12-7-9-20(3)14(17(22)23)5-4-6-15(20)19(12,2)10-8-13-11-16(21)25-18(13)24/h4-6,11-12,15-16,21H,7-10H2,1-3H3,(H,22,23). The Bertz CT molecular complexity index is 688. The van der Waals surface area contributed by atoms with Crippen LogP contribution >= 0.6 is 0 Å². The summed E-state index contributed by atoms with van der Waals surface area (Å²) >= 11 is 0. The van der Waals surface area contributed by atoms with Gasteiger partial charge in [0.15, 0.2) is 0 Å². The number of hydrogen-bond acceptors (Lipinski definition) is 4. The normalized spacial score (nSPS) is 40.2. The molecule has 1 heterocycles. The molecule has 25 heavy (non-hydrogen) atoms. The minimum absolute atomic E-state index is 0.0998. The number of carboxylic acid groups (broad SMARTS) is 1. The number of hydrogen-bond donors (Lipinski definition) is 2. The van der Waals surface area contributed by atoms with Gasteiger partial charge in [-0.15, -0.1) is 0 Å². The van der Waals surface area contributed by atoms with Crippen LogP contribution in [0.15, 0.2) is 35.5 Å². The van der Waals surface area contributed by atoms with Crippen LogP contribution in [0.25, 0.3) is 0 Å². The highest BCUT2D eigenvalue weighted by Crippen LogP contribution is 2.60. The fourth-order valence-electron chi connectivity index (χ4n) is 4.99. The van der Waals surface area contributed by atoms with Gasteiger partial charge in [0.05, 0.1) is 0 Å². The van der Waals surface area contributed by atoms with E-state index < -0.39 is 23.6 Å². The van der Waals surface area contributed by atoms with Crippen molar-refractivity contribution in [2.75, 3.05) is 0 Å². The predicted molar refractivity (Wildman–Crippen MR) is 92.4 cm³/mol. The van der Waals surface area contributed by atoms with Crippen LogP contribution in [0.1, 0.15) is 46.5 Å². The number of fused-ring (bicyclic) bond motifs is 1. The maximum atomic E-state index is 11.8. The fraction of sp³-hybridized carbons (Fsp3) is 0.600. The summed E-state index contributed by atoms with van der Waals surface area (Å²) in [6, 6.07) is 0. The van der Waals surface area contributed by atoms with Crippen LogP contribution in [0.5, 0.6) is 0 Å². The van der Waals surface area contributed by atoms with Crippen LogP contribution in [0.4, 0.5) is 0 Å². The van der Waals surface area contributed by atoms with Crippen LogP contribution in [0.3, 0.4) is 0 Å². The zero-order valence-electron chi connectivity index (χ0n) is 15.0. The number of carbonyl (C=O) groups excluding carboxylic acids is 1. The summed E-state index contributed by atoms with van der Waals surface area (Å²) in [4.78, 5) is 23.5. The lowest BCUT2D eigenvalue weighted by molar-refractivity contribution is -0.151. The zero-order valence-corrected chi connectivity index (χ0v) is 15.0. The monoisotopic (exact) mass is 346 g/mol. The van der Waals surface area contributed by atoms with Gasteiger partial charge in [-0.25, -0.2) is 9.59 Å². The van der Waals surface area contributed by atoms with Crippen LogP contribution in [0.2, 0.25) is 0 Å². The van der Waals surface area contributed by atoms with Crippen LogP contribution in [0, 0.1) is 22.7 Å². The van der Waals surface area contributed by atoms with E-state index in [9.17, 15) is 19.8 Å². The van der Waals surface area contributed by atoms with E-state index >= 15 is 0 Å². The summed E-state index contributed by atoms with van der Waals surface area (Å²) in [6.45, 7) is 6.46. The van der Waals surface area contributed by atoms with E-state index in [2.05, 4.69) is 26.8 Å². The summed E-state index contributed by atoms with van der Waals surface area (Å²) in [5.41, 5.74) is 0.467. The molecule has 0 spiro atoms. The highest BCUT2D eigenvalue weighted by atomic mass is 16.6. The van der Waals surface area contributed by atoms with Crippen molar-refractivity contribution >= 4 is 11.9 Å². The molecule has 0 aromatic rings. The molecule has 3 rings (SSSR count). The fourth-order valence-corrected chi connectivity index (χ4v) is 4.99. The van der Waals surface area contributed by atoms with Gasteiger partial charge >= 0.3 is 11.9 Å². The molecule has 1 saturated carbocycles. The number of esters is 1. The molecule has 1 aliphatic heterocycles. The van der Waals surface area contributed by atoms with Crippen molar-refractivity contribution in [2.45, 2.75) is 52.7 Å². The van der Waals surface area contributed by atoms with Crippen molar-refractivity contribution in [1.29, 1.82) is 0 Å². The van der Waals surface area contributed by atoms with Gasteiger partial charge in [0, 0.05) is 16.6 Å². The first-order valence-corrected chi connectivity index (χ1v) is 8.90. The summed E-state index contributed by atoms with van der Waals surface area (Å²) in [7, 11) is 0. The molecule has 5 atom stereocenters. The van der Waals surface area contributed by atoms with Gasteiger partial charge in [-0.05, 0) is 49.0 Å². The topological polar surface area (TPSA) is 83.8 Å². The summed E-state index contributed by atoms with van der Waals surface area (Å²) in [5, 5.41) is 19.1. The zero-order chi connectivity index (χ0) is 18.4. The maximum absolute atomic E-state index is 11.8. The Balaban J connectivity index is 1.87. The molecule has 3 aliphatic rings. The Morgan fingerprint density at radius 1 is 1.40 bits per heavy atom. The van der Waals surface area contributed by atoms with Crippen molar-refractivity contribution in [3.8, 4) is 0 Å². The number of aliphatic hydroxyl groups is 1. The average Bonchev–Trinajstić information content (AvgIpc) is 2.87. The second-order valence-electron chi connectivity index (χ2n) is 8.10. The molecule has 2 aliphatic carbocycles. The van der Waals surface area contributed by atoms with Crippen molar-refractivity contribution in [1.82, 2.24) is 0 Å². The number of aliphatic hydroxyl groups excluding tert-OH is 1. The number of cyclic esters (lactones) is 1. The Kier molecular flexibility index (Phi) is 4.40. The van der Waals surface area contributed by atoms with Crippen molar-refractivity contribution < 1.29 is 24.5 Å². The molecule has 1 fully saturated rings. The highest BCUT2D eigenvalue weighted by Gasteiger charge is 2.54.